The van der Waals surface area contributed by atoms with Crippen molar-refractivity contribution < 1.29 is 22.6 Å². The highest BCUT2D eigenvalue weighted by molar-refractivity contribution is 5.24. The zero-order valence-corrected chi connectivity index (χ0v) is 51.5. The largest absolute Gasteiger partial charge is 0.353 e. The van der Waals surface area contributed by atoms with Crippen LogP contribution in [-0.4, -0.2) is 19.5 Å². The van der Waals surface area contributed by atoms with Gasteiger partial charge >= 0.3 is 0 Å². The highest BCUT2D eigenvalue weighted by atomic mass is 19.1. The zero-order valence-electron chi connectivity index (χ0n) is 51.5. The van der Waals surface area contributed by atoms with Crippen LogP contribution in [0.4, 0.5) is 13.2 Å². The molecular weight excluding hydrogens is 942 g/mol. The molecule has 6 aliphatic rings. The van der Waals surface area contributed by atoms with E-state index in [2.05, 4.69) is 139 Å². The normalized spacial score (nSPS) is 26.2. The Morgan fingerprint density at radius 3 is 0.961 bits per heavy atom. The Bertz CT molecular complexity index is 1850. The van der Waals surface area contributed by atoms with Gasteiger partial charge in [0.2, 0.25) is 0 Å². The van der Waals surface area contributed by atoms with Crippen LogP contribution < -0.4 is 0 Å². The van der Waals surface area contributed by atoms with Crippen LogP contribution in [0.3, 0.4) is 0 Å². The van der Waals surface area contributed by atoms with Crippen LogP contribution >= 0.6 is 0 Å². The molecule has 3 aromatic carbocycles. The van der Waals surface area contributed by atoms with Crippen LogP contribution in [0.15, 0.2) is 90.0 Å². The Kier molecular flexibility index (Phi) is 39.7. The van der Waals surface area contributed by atoms with E-state index in [1.165, 1.54) is 139 Å². The minimum atomic E-state index is -0.475. The molecule has 0 radical (unpaired) electrons. The first-order valence-electron chi connectivity index (χ1n) is 29.7. The van der Waals surface area contributed by atoms with Crippen molar-refractivity contribution in [3.8, 4) is 0 Å². The van der Waals surface area contributed by atoms with E-state index in [0.29, 0.717) is 17.0 Å². The third-order valence-corrected chi connectivity index (χ3v) is 15.5. The van der Waals surface area contributed by atoms with Gasteiger partial charge in [-0.05, 0) is 196 Å². The minimum absolute atomic E-state index is 0. The molecule has 2 saturated carbocycles. The molecule has 0 amide bonds. The lowest BCUT2D eigenvalue weighted by Gasteiger charge is -2.24. The summed E-state index contributed by atoms with van der Waals surface area (Å²) in [7, 11) is 0. The topological polar surface area (TPSA) is 18.5 Å². The fraction of sp³-hybridized carbons (Fsp3) is 0.662. The van der Waals surface area contributed by atoms with E-state index < -0.39 is 11.6 Å². The van der Waals surface area contributed by atoms with Gasteiger partial charge in [0.15, 0.2) is 6.29 Å². The molecule has 0 bridgehead atoms. The Morgan fingerprint density at radius 1 is 0.368 bits per heavy atom. The first-order chi connectivity index (χ1) is 35.3. The highest BCUT2D eigenvalue weighted by Gasteiger charge is 2.15. The molecule has 76 heavy (non-hydrogen) atoms. The van der Waals surface area contributed by atoms with Crippen molar-refractivity contribution in [2.75, 3.05) is 13.2 Å². The number of allylic oxidation sites excluding steroid dienone is 6. The van der Waals surface area contributed by atoms with Gasteiger partial charge in [-0.2, -0.15) is 0 Å². The second-order valence-electron chi connectivity index (χ2n) is 24.6. The standard InChI is InChI=1S/C8H8F2.C8H9F.2C8H16.3C8H14.C8H10.C6H12O2.CH4/c1-5-3-7(9)6(2)8(10)4-5;1-6-3-4-7(2)8(9)5-6;6*1-7-3-5-8(2)6-4-7;1-5-3-7-6(2)8-4-5;/h3-4H,1-2H3;3-5H,1-2H3;2*7-8H,3-6H2,1-2H3;2*3,8H,4-6H2,1-2H3;3,5,7-8H,4,6H2,1-2H3;3-6H,1-2H3;5-6H,3-4H2,1-2H3;1H4. The molecule has 3 aromatic rings. The van der Waals surface area contributed by atoms with Gasteiger partial charge in [0.05, 0.1) is 13.2 Å². The van der Waals surface area contributed by atoms with Gasteiger partial charge in [-0.25, -0.2) is 13.2 Å². The van der Waals surface area contributed by atoms with E-state index in [0.717, 1.165) is 66.1 Å². The van der Waals surface area contributed by atoms with Gasteiger partial charge in [-0.15, -0.1) is 0 Å². The maximum Gasteiger partial charge on any atom is 0.154 e. The van der Waals surface area contributed by atoms with Crippen LogP contribution in [0.5, 0.6) is 0 Å². The summed E-state index contributed by atoms with van der Waals surface area (Å²) in [6.07, 6.45) is 32.1. The average molecular weight is 1060 g/mol. The van der Waals surface area contributed by atoms with E-state index in [9.17, 15) is 13.2 Å². The summed E-state index contributed by atoms with van der Waals surface area (Å²) in [5.41, 5.74) is 8.21. The molecule has 0 spiro atoms. The molecule has 5 heteroatoms. The quantitative estimate of drug-likeness (QED) is 0.209. The van der Waals surface area contributed by atoms with E-state index in [-0.39, 0.29) is 25.1 Å². The summed E-state index contributed by atoms with van der Waals surface area (Å²) < 4.78 is 48.1. The van der Waals surface area contributed by atoms with Crippen molar-refractivity contribution in [2.24, 2.45) is 53.3 Å². The summed E-state index contributed by atoms with van der Waals surface area (Å²) in [4.78, 5) is 0. The Balaban J connectivity index is 0.000000832. The lowest BCUT2D eigenvalue weighted by atomic mass is 9.84. The Hall–Kier alpha value is -3.41. The minimum Gasteiger partial charge on any atom is -0.353 e. The summed E-state index contributed by atoms with van der Waals surface area (Å²) in [5.74, 6) is 7.15. The molecule has 3 fully saturated rings. The second-order valence-corrected chi connectivity index (χ2v) is 24.6. The first-order valence-corrected chi connectivity index (χ1v) is 29.7. The molecule has 2 nitrogen and oxygen atoms in total. The Morgan fingerprint density at radius 2 is 0.697 bits per heavy atom. The number of hydrogen-bond donors (Lipinski definition) is 0. The van der Waals surface area contributed by atoms with Crippen molar-refractivity contribution in [1.29, 1.82) is 0 Å². The summed E-state index contributed by atoms with van der Waals surface area (Å²) in [6, 6.07) is 16.3. The number of benzene rings is 3. The third kappa shape index (κ3) is 37.4. The maximum atomic E-state index is 12.6. The van der Waals surface area contributed by atoms with Crippen LogP contribution in [-0.2, 0) is 9.47 Å². The summed E-state index contributed by atoms with van der Waals surface area (Å²) >= 11 is 0. The molecule has 1 heterocycles. The fourth-order valence-electron chi connectivity index (χ4n) is 8.95. The van der Waals surface area contributed by atoms with E-state index in [1.807, 2.05) is 19.9 Å². The van der Waals surface area contributed by atoms with Crippen molar-refractivity contribution in [1.82, 2.24) is 0 Å². The number of hydrogen-bond acceptors (Lipinski definition) is 2. The average Bonchev–Trinajstić information content (AvgIpc) is 3.37. The predicted octanol–water partition coefficient (Wildman–Crippen LogP) is 22.8. The van der Waals surface area contributed by atoms with Crippen LogP contribution in [0.25, 0.3) is 0 Å². The van der Waals surface area contributed by atoms with Crippen LogP contribution in [0.2, 0.25) is 0 Å². The van der Waals surface area contributed by atoms with Crippen LogP contribution in [0.1, 0.15) is 227 Å². The molecule has 0 aromatic heterocycles. The van der Waals surface area contributed by atoms with Crippen molar-refractivity contribution in [3.05, 3.63) is 141 Å². The van der Waals surface area contributed by atoms with Gasteiger partial charge in [-0.3, -0.25) is 0 Å². The number of rotatable bonds is 0. The molecule has 5 aliphatic carbocycles. The predicted molar refractivity (Wildman–Crippen MR) is 329 cm³/mol. The van der Waals surface area contributed by atoms with Crippen molar-refractivity contribution in [2.45, 2.75) is 241 Å². The SMILES string of the molecule is C.CC1=CCC(C)CC1.CC1=CCC(C)CC1.CC1C=CC(C)CC1.CC1CCC(C)CC1.CC1CCC(C)CC1.CC1COC(C)OC1.Cc1cc(F)c(C)c(F)c1.Cc1ccc(C)c(F)c1.Cc1ccc(C)cc1. The molecule has 9 rings (SSSR count). The maximum absolute atomic E-state index is 12.6. The number of aryl methyl sites for hydroxylation is 5. The summed E-state index contributed by atoms with van der Waals surface area (Å²) in [6.45, 7) is 39.8. The monoisotopic (exact) mass is 1060 g/mol. The first kappa shape index (κ1) is 72.6. The molecule has 4 atom stereocenters. The molecular formula is C71H117F3O2. The van der Waals surface area contributed by atoms with Gasteiger partial charge in [0, 0.05) is 11.5 Å². The molecule has 1 aliphatic heterocycles. The molecule has 434 valence electrons. The lowest BCUT2D eigenvalue weighted by molar-refractivity contribution is -0.187. The van der Waals surface area contributed by atoms with E-state index >= 15 is 0 Å². The van der Waals surface area contributed by atoms with Gasteiger partial charge in [0.1, 0.15) is 17.5 Å². The van der Waals surface area contributed by atoms with Crippen molar-refractivity contribution >= 4 is 0 Å². The second kappa shape index (κ2) is 41.6. The molecule has 4 unspecified atom stereocenters. The van der Waals surface area contributed by atoms with Gasteiger partial charge in [0.25, 0.3) is 0 Å². The third-order valence-electron chi connectivity index (χ3n) is 15.5. The lowest BCUT2D eigenvalue weighted by Crippen LogP contribution is -2.27. The fourth-order valence-corrected chi connectivity index (χ4v) is 8.95. The number of halogens is 3. The smallest absolute Gasteiger partial charge is 0.154 e. The molecule has 0 N–H and O–H groups in total. The van der Waals surface area contributed by atoms with Gasteiger partial charge in [-0.1, -0.05) is 204 Å². The summed E-state index contributed by atoms with van der Waals surface area (Å²) in [5, 5.41) is 0. The Labute approximate surface area is 469 Å². The van der Waals surface area contributed by atoms with E-state index in [4.69, 9.17) is 9.47 Å². The zero-order chi connectivity index (χ0) is 56.5. The van der Waals surface area contributed by atoms with E-state index in [1.54, 1.807) is 31.1 Å². The van der Waals surface area contributed by atoms with Gasteiger partial charge < -0.3 is 9.47 Å². The van der Waals surface area contributed by atoms with Crippen molar-refractivity contribution in [3.63, 3.8) is 0 Å². The molecule has 1 saturated heterocycles. The highest BCUT2D eigenvalue weighted by Crippen LogP contribution is 2.28. The number of ether oxygens (including phenoxy) is 2. The van der Waals surface area contributed by atoms with Crippen LogP contribution in [0, 0.1) is 112 Å².